The SMILES string of the molecule is C/C=C\SCC1=NCC(C2=NC=C2)=C(CC)N1CCNC(=O)O[CH2][Pb]. The van der Waals surface area contributed by atoms with Crippen molar-refractivity contribution in [3.05, 3.63) is 35.0 Å². The van der Waals surface area contributed by atoms with Gasteiger partial charge in [-0.1, -0.05) is 0 Å². The number of nitrogens with zero attached hydrogens (tertiary/aromatic N) is 3. The summed E-state index contributed by atoms with van der Waals surface area (Å²) in [6.45, 7) is 6.03. The molecule has 0 saturated heterocycles. The van der Waals surface area contributed by atoms with Crippen molar-refractivity contribution in [3.8, 4) is 0 Å². The van der Waals surface area contributed by atoms with Gasteiger partial charge in [0.15, 0.2) is 0 Å². The predicted molar refractivity (Wildman–Crippen MR) is 105 cm³/mol. The van der Waals surface area contributed by atoms with Gasteiger partial charge in [0.1, 0.15) is 0 Å². The van der Waals surface area contributed by atoms with E-state index in [1.54, 1.807) is 11.8 Å². The predicted octanol–water partition coefficient (Wildman–Crippen LogP) is 2.45. The number of amidine groups is 1. The molecule has 8 heteroatoms. The summed E-state index contributed by atoms with van der Waals surface area (Å²) in [5.41, 5.74) is 3.45. The second kappa shape index (κ2) is 10.8. The number of hydrogen-bond donors (Lipinski definition) is 1. The van der Waals surface area contributed by atoms with E-state index >= 15 is 0 Å². The standard InChI is InChI=1S/C17H23N4O2S.Pb/c1-4-10-24-12-16-20-11-13(14-6-7-18-14)15(5-2)21(16)9-8-19-17(22)23-3;/h4,6-7,10H,3,5,8-9,11-12H2,1-2H3,(H,19,22);/b10-4-;. The second-order valence-electron chi connectivity index (χ2n) is 5.28. The number of hydrogen-bond acceptors (Lipinski definition) is 6. The third-order valence-electron chi connectivity index (χ3n) is 3.75. The van der Waals surface area contributed by atoms with Crippen LogP contribution in [0.1, 0.15) is 20.3 Å². The molecule has 0 bridgehead atoms. The van der Waals surface area contributed by atoms with Crippen LogP contribution in [-0.2, 0) is 4.74 Å². The zero-order valence-corrected chi connectivity index (χ0v) is 19.3. The molecule has 0 spiro atoms. The molecule has 0 aromatic heterocycles. The first-order chi connectivity index (χ1) is 12.2. The zero-order chi connectivity index (χ0) is 18.1. The number of rotatable bonds is 9. The number of allylic oxidation sites excluding steroid dienone is 3. The van der Waals surface area contributed by atoms with E-state index in [1.807, 2.05) is 25.3 Å². The summed E-state index contributed by atoms with van der Waals surface area (Å²) in [4.78, 5) is 22.9. The van der Waals surface area contributed by atoms with Crippen molar-refractivity contribution >= 4 is 55.2 Å². The zero-order valence-electron chi connectivity index (χ0n) is 14.6. The van der Waals surface area contributed by atoms with E-state index in [2.05, 4.69) is 27.5 Å². The van der Waals surface area contributed by atoms with Crippen molar-refractivity contribution in [2.45, 2.75) is 20.3 Å². The Morgan fingerprint density at radius 2 is 2.36 bits per heavy atom. The van der Waals surface area contributed by atoms with Crippen LogP contribution in [0.25, 0.3) is 0 Å². The molecule has 2 rings (SSSR count). The van der Waals surface area contributed by atoms with E-state index in [1.165, 1.54) is 11.3 Å². The molecule has 0 fully saturated rings. The van der Waals surface area contributed by atoms with Crippen LogP contribution in [0, 0.1) is 0 Å². The summed E-state index contributed by atoms with van der Waals surface area (Å²) >= 11 is 2.58. The minimum absolute atomic E-state index is 0.345. The van der Waals surface area contributed by atoms with E-state index < -0.39 is 0 Å². The molecule has 2 aliphatic rings. The number of carbonyl (C=O) groups is 1. The van der Waals surface area contributed by atoms with Gasteiger partial charge in [-0.25, -0.2) is 0 Å². The van der Waals surface area contributed by atoms with Crippen molar-refractivity contribution in [2.75, 3.05) is 29.6 Å². The van der Waals surface area contributed by atoms with Crippen LogP contribution in [-0.4, -0.2) is 77.9 Å². The second-order valence-corrected chi connectivity index (χ2v) is 7.29. The van der Waals surface area contributed by atoms with E-state index in [-0.39, 0.29) is 6.09 Å². The number of alkyl carbamates (subject to hydrolysis) is 1. The van der Waals surface area contributed by atoms with Crippen LogP contribution in [0.4, 0.5) is 4.79 Å². The van der Waals surface area contributed by atoms with Crippen molar-refractivity contribution in [3.63, 3.8) is 0 Å². The molecule has 1 amide bonds. The molecule has 0 saturated carbocycles. The van der Waals surface area contributed by atoms with Gasteiger partial charge in [0.2, 0.25) is 0 Å². The van der Waals surface area contributed by atoms with Crippen molar-refractivity contribution in [1.29, 1.82) is 0 Å². The van der Waals surface area contributed by atoms with Crippen LogP contribution in [0.5, 0.6) is 0 Å². The molecular weight excluding hydrogens is 531 g/mol. The van der Waals surface area contributed by atoms with Crippen LogP contribution in [0.2, 0.25) is 0 Å². The Bertz CT molecular complexity index is 641. The molecule has 133 valence electrons. The molecule has 0 aromatic rings. The Morgan fingerprint density at radius 3 is 2.96 bits per heavy atom. The Labute approximate surface area is 169 Å². The average Bonchev–Trinajstić information content (AvgIpc) is 2.55. The van der Waals surface area contributed by atoms with Gasteiger partial charge < -0.3 is 0 Å². The van der Waals surface area contributed by atoms with Crippen LogP contribution in [0.3, 0.4) is 0 Å². The van der Waals surface area contributed by atoms with Gasteiger partial charge in [0.25, 0.3) is 0 Å². The first-order valence-corrected chi connectivity index (χ1v) is 12.1. The number of aliphatic imine (C=N–C) groups is 2. The van der Waals surface area contributed by atoms with Gasteiger partial charge in [0, 0.05) is 0 Å². The third-order valence-corrected chi connectivity index (χ3v) is 5.20. The van der Waals surface area contributed by atoms with E-state index in [0.29, 0.717) is 23.8 Å². The van der Waals surface area contributed by atoms with Crippen LogP contribution < -0.4 is 5.32 Å². The third kappa shape index (κ3) is 5.70. The van der Waals surface area contributed by atoms with E-state index in [0.717, 1.165) is 49.5 Å². The van der Waals surface area contributed by atoms with E-state index in [4.69, 9.17) is 9.73 Å². The first-order valence-electron chi connectivity index (χ1n) is 8.26. The van der Waals surface area contributed by atoms with Gasteiger partial charge in [-0.3, -0.25) is 0 Å². The number of carbonyl (C=O) groups excluding carboxylic acids is 1. The molecule has 2 heterocycles. The molecule has 3 radical (unpaired) electrons. The van der Waals surface area contributed by atoms with Gasteiger partial charge in [-0.2, -0.15) is 0 Å². The topological polar surface area (TPSA) is 66.3 Å². The van der Waals surface area contributed by atoms with E-state index in [9.17, 15) is 4.79 Å². The minimum atomic E-state index is -0.345. The van der Waals surface area contributed by atoms with Gasteiger partial charge in [-0.15, -0.1) is 0 Å². The number of nitrogens with one attached hydrogen (secondary N) is 1. The Morgan fingerprint density at radius 1 is 1.56 bits per heavy atom. The molecule has 0 aliphatic carbocycles. The Kier molecular flexibility index (Phi) is 8.73. The molecular formula is C17H23N4O2PbS. The molecule has 25 heavy (non-hydrogen) atoms. The van der Waals surface area contributed by atoms with Gasteiger partial charge >= 0.3 is 163 Å². The fourth-order valence-electron chi connectivity index (χ4n) is 2.62. The maximum atomic E-state index is 11.5. The summed E-state index contributed by atoms with van der Waals surface area (Å²) in [6, 6.07) is 0. The fraction of sp³-hybridized carbons (Fsp3) is 0.471. The average molecular weight is 555 g/mol. The summed E-state index contributed by atoms with van der Waals surface area (Å²) in [6.07, 6.45) is 6.42. The summed E-state index contributed by atoms with van der Waals surface area (Å²) in [5, 5.41) is 4.89. The first kappa shape index (κ1) is 20.2. The molecule has 0 aromatic carbocycles. The molecule has 1 N–H and O–H groups in total. The molecule has 2 aliphatic heterocycles. The summed E-state index contributed by atoms with van der Waals surface area (Å²) in [7, 11) is 0. The van der Waals surface area contributed by atoms with Gasteiger partial charge in [-0.05, 0) is 6.92 Å². The fourth-order valence-corrected chi connectivity index (χ4v) is 3.81. The van der Waals surface area contributed by atoms with Crippen molar-refractivity contribution in [1.82, 2.24) is 10.2 Å². The summed E-state index contributed by atoms with van der Waals surface area (Å²) < 4.78 is 5.50. The van der Waals surface area contributed by atoms with Crippen molar-refractivity contribution in [2.24, 2.45) is 9.98 Å². The molecule has 0 atom stereocenters. The van der Waals surface area contributed by atoms with Gasteiger partial charge in [0.05, 0.1) is 0 Å². The maximum absolute atomic E-state index is 11.5. The molecule has 6 nitrogen and oxygen atoms in total. The quantitative estimate of drug-likeness (QED) is 0.445. The van der Waals surface area contributed by atoms with Crippen LogP contribution in [0.15, 0.2) is 45.0 Å². The monoisotopic (exact) mass is 555 g/mol. The Balaban J connectivity index is 2.09. The van der Waals surface area contributed by atoms with Crippen LogP contribution >= 0.6 is 11.8 Å². The number of ether oxygens (including phenoxy) is 1. The van der Waals surface area contributed by atoms with Crippen molar-refractivity contribution < 1.29 is 9.53 Å². The summed E-state index contributed by atoms with van der Waals surface area (Å²) in [5.74, 6) is 1.86. The Hall–Kier alpha value is -1.10. The number of amides is 1. The number of thioether (sulfide) groups is 1. The molecule has 0 unspecified atom stereocenters. The normalized spacial score (nSPS) is 16.7.